The number of methoxy groups -OCH3 is 1. The summed E-state index contributed by atoms with van der Waals surface area (Å²) in [5.74, 6) is 0. The van der Waals surface area contributed by atoms with Gasteiger partial charge in [-0.3, -0.25) is 0 Å². The minimum Gasteiger partial charge on any atom is -0.395 e. The lowest BCUT2D eigenvalue weighted by Gasteiger charge is -1.98. The molecule has 0 bridgehead atoms. The van der Waals surface area contributed by atoms with Gasteiger partial charge in [0.05, 0.1) is 19.8 Å². The summed E-state index contributed by atoms with van der Waals surface area (Å²) in [5.41, 5.74) is 15.4. The molecule has 0 saturated carbocycles. The Hall–Kier alpha value is -0.240. The highest BCUT2D eigenvalue weighted by atomic mass is 16.5. The molecule has 0 aliphatic rings. The molecule has 0 heterocycles. The van der Waals surface area contributed by atoms with E-state index in [0.29, 0.717) is 6.61 Å². The maximum Gasteiger partial charge on any atom is 0.0611 e. The molecule has 6 heteroatoms. The third kappa shape index (κ3) is 49.0. The van der Waals surface area contributed by atoms with E-state index < -0.39 is 0 Å². The second-order valence-corrected chi connectivity index (χ2v) is 3.75. The highest BCUT2D eigenvalue weighted by Gasteiger charge is 1.85. The van der Waals surface area contributed by atoms with Crippen LogP contribution < -0.4 is 17.2 Å². The van der Waals surface area contributed by atoms with Crippen molar-refractivity contribution in [1.29, 1.82) is 0 Å². The lowest BCUT2D eigenvalue weighted by molar-refractivity contribution is 0.185. The Morgan fingerprint density at radius 1 is 0.875 bits per heavy atom. The van der Waals surface area contributed by atoms with Crippen LogP contribution in [0.3, 0.4) is 0 Å². The zero-order chi connectivity index (χ0) is 13.6. The van der Waals surface area contributed by atoms with Crippen LogP contribution in [-0.2, 0) is 4.74 Å². The van der Waals surface area contributed by atoms with Crippen LogP contribution in [0.25, 0.3) is 0 Å². The van der Waals surface area contributed by atoms with Gasteiger partial charge in [0.15, 0.2) is 0 Å². The zero-order valence-electron chi connectivity index (χ0n) is 10.9. The number of ether oxygens (including phenoxy) is 1. The fourth-order valence-electron chi connectivity index (χ4n) is 0.263. The largest absolute Gasteiger partial charge is 0.395 e. The minimum absolute atomic E-state index is 0.0602. The van der Waals surface area contributed by atoms with E-state index in [9.17, 15) is 0 Å². The third-order valence-electron chi connectivity index (χ3n) is 1.01. The lowest BCUT2D eigenvalue weighted by atomic mass is 10.4. The van der Waals surface area contributed by atoms with E-state index in [2.05, 4.69) is 4.74 Å². The summed E-state index contributed by atoms with van der Waals surface area (Å²) in [6.07, 6.45) is 0. The Balaban J connectivity index is -0.000000160. The first-order valence-corrected chi connectivity index (χ1v) is 5.29. The molecule has 0 rings (SSSR count). The molecule has 0 aromatic carbocycles. The minimum atomic E-state index is -0.0602. The fourth-order valence-corrected chi connectivity index (χ4v) is 0.263. The molecule has 0 radical (unpaired) electrons. The number of aliphatic hydroxyl groups excluding tert-OH is 2. The molecule has 0 aliphatic carbocycles. The van der Waals surface area contributed by atoms with E-state index >= 15 is 0 Å². The highest BCUT2D eigenvalue weighted by molar-refractivity contribution is 4.45. The normalized spacial score (nSPS) is 14.8. The molecule has 0 spiro atoms. The average molecular weight is 239 g/mol. The Morgan fingerprint density at radius 2 is 1.12 bits per heavy atom. The third-order valence-corrected chi connectivity index (χ3v) is 1.01. The average Bonchev–Trinajstić information content (AvgIpc) is 2.19. The number of rotatable bonds is 4. The number of nitrogens with two attached hydrogens (primary N) is 3. The quantitative estimate of drug-likeness (QED) is 0.412. The molecule has 3 atom stereocenters. The topological polar surface area (TPSA) is 128 Å². The van der Waals surface area contributed by atoms with Crippen LogP contribution in [0.2, 0.25) is 0 Å². The van der Waals surface area contributed by atoms with Crippen molar-refractivity contribution < 1.29 is 14.9 Å². The molecule has 0 fully saturated rings. The molecule has 6 nitrogen and oxygen atoms in total. The molecule has 8 N–H and O–H groups in total. The first-order valence-electron chi connectivity index (χ1n) is 5.29. The summed E-state index contributed by atoms with van der Waals surface area (Å²) in [7, 11) is 1.64. The van der Waals surface area contributed by atoms with Gasteiger partial charge in [0.2, 0.25) is 0 Å². The molecule has 0 aromatic rings. The van der Waals surface area contributed by atoms with Crippen molar-refractivity contribution in [2.24, 2.45) is 17.2 Å². The van der Waals surface area contributed by atoms with Gasteiger partial charge in [-0.2, -0.15) is 0 Å². The van der Waals surface area contributed by atoms with Gasteiger partial charge < -0.3 is 32.2 Å². The highest BCUT2D eigenvalue weighted by Crippen LogP contribution is 1.71. The van der Waals surface area contributed by atoms with Crippen LogP contribution in [0.4, 0.5) is 0 Å². The molecular weight excluding hydrogens is 210 g/mol. The molecule has 0 aliphatic heterocycles. The maximum absolute atomic E-state index is 8.02. The van der Waals surface area contributed by atoms with E-state index in [-0.39, 0.29) is 31.3 Å². The maximum atomic E-state index is 8.02. The van der Waals surface area contributed by atoms with E-state index in [4.69, 9.17) is 27.4 Å². The summed E-state index contributed by atoms with van der Waals surface area (Å²) in [6, 6.07) is 0.0556. The van der Waals surface area contributed by atoms with E-state index in [0.717, 1.165) is 0 Å². The van der Waals surface area contributed by atoms with Crippen LogP contribution in [0, 0.1) is 0 Å². The van der Waals surface area contributed by atoms with Gasteiger partial charge in [0.25, 0.3) is 0 Å². The van der Waals surface area contributed by atoms with Crippen LogP contribution in [0.5, 0.6) is 0 Å². The summed E-state index contributed by atoms with van der Waals surface area (Å²) >= 11 is 0. The van der Waals surface area contributed by atoms with Gasteiger partial charge in [0, 0.05) is 25.2 Å². The monoisotopic (exact) mass is 239 g/mol. The summed E-state index contributed by atoms with van der Waals surface area (Å²) in [4.78, 5) is 0. The van der Waals surface area contributed by atoms with Crippen LogP contribution in [0.15, 0.2) is 0 Å². The molecule has 16 heavy (non-hydrogen) atoms. The Labute approximate surface area is 98.8 Å². The van der Waals surface area contributed by atoms with Crippen molar-refractivity contribution >= 4 is 0 Å². The predicted molar refractivity (Wildman–Crippen MR) is 67.0 cm³/mol. The van der Waals surface area contributed by atoms with Gasteiger partial charge in [0.1, 0.15) is 0 Å². The SMILES string of the molecule is COC[C@H](C)N.C[C@H](N)CO.C[C@H](N)CO. The zero-order valence-corrected chi connectivity index (χ0v) is 10.9. The van der Waals surface area contributed by atoms with Gasteiger partial charge in [-0.1, -0.05) is 0 Å². The van der Waals surface area contributed by atoms with Gasteiger partial charge >= 0.3 is 0 Å². The van der Waals surface area contributed by atoms with Crippen molar-refractivity contribution in [3.8, 4) is 0 Å². The first-order chi connectivity index (χ1) is 7.31. The molecule has 0 saturated heterocycles. The van der Waals surface area contributed by atoms with Crippen molar-refractivity contribution in [2.75, 3.05) is 26.9 Å². The van der Waals surface area contributed by atoms with E-state index in [1.54, 1.807) is 21.0 Å². The second kappa shape index (κ2) is 17.2. The smallest absolute Gasteiger partial charge is 0.0611 e. The molecule has 0 amide bonds. The van der Waals surface area contributed by atoms with Crippen LogP contribution in [-0.4, -0.2) is 55.3 Å². The van der Waals surface area contributed by atoms with Gasteiger partial charge in [-0.15, -0.1) is 0 Å². The van der Waals surface area contributed by atoms with Gasteiger partial charge in [-0.25, -0.2) is 0 Å². The van der Waals surface area contributed by atoms with Gasteiger partial charge in [-0.05, 0) is 20.8 Å². The second-order valence-electron chi connectivity index (χ2n) is 3.75. The molecule has 102 valence electrons. The van der Waals surface area contributed by atoms with Crippen molar-refractivity contribution in [3.05, 3.63) is 0 Å². The Bertz CT molecular complexity index is 103. The Kier molecular flexibility index (Phi) is 22.6. The van der Waals surface area contributed by atoms with Crippen molar-refractivity contribution in [3.63, 3.8) is 0 Å². The molecule has 0 aromatic heterocycles. The summed E-state index contributed by atoms with van der Waals surface area (Å²) in [6.45, 7) is 6.23. The van der Waals surface area contributed by atoms with Crippen molar-refractivity contribution in [1.82, 2.24) is 0 Å². The number of hydrogen-bond acceptors (Lipinski definition) is 6. The first kappa shape index (κ1) is 21.1. The fraction of sp³-hybridized carbons (Fsp3) is 1.00. The standard InChI is InChI=1S/C4H11NO.2C3H9NO/c1-4(5)3-6-2;2*1-3(4)2-5/h4H,3,5H2,1-2H3;2*3,5H,2,4H2,1H3/t4-;2*3-/m000/s1. The molecular formula is C10H29N3O3. The number of aliphatic hydroxyl groups is 2. The van der Waals surface area contributed by atoms with Crippen molar-refractivity contribution in [2.45, 2.75) is 38.9 Å². The summed E-state index contributed by atoms with van der Waals surface area (Å²) in [5, 5.41) is 16.0. The molecule has 0 unspecified atom stereocenters. The number of hydrogen-bond donors (Lipinski definition) is 5. The lowest BCUT2D eigenvalue weighted by Crippen LogP contribution is -2.20. The van der Waals surface area contributed by atoms with Crippen LogP contribution >= 0.6 is 0 Å². The van der Waals surface area contributed by atoms with E-state index in [1.807, 2.05) is 6.92 Å². The van der Waals surface area contributed by atoms with Crippen LogP contribution in [0.1, 0.15) is 20.8 Å². The van der Waals surface area contributed by atoms with E-state index in [1.165, 1.54) is 0 Å². The predicted octanol–water partition coefficient (Wildman–Crippen LogP) is -1.37. The Morgan fingerprint density at radius 3 is 1.12 bits per heavy atom. The summed E-state index contributed by atoms with van der Waals surface area (Å²) < 4.78 is 4.68.